The van der Waals surface area contributed by atoms with Crippen molar-refractivity contribution in [3.8, 4) is 0 Å². The third-order valence-corrected chi connectivity index (χ3v) is 5.07. The fourth-order valence-electron chi connectivity index (χ4n) is 4.19. The molecule has 2 fully saturated rings. The molecule has 1 saturated heterocycles. The molecular weight excluding hydrogens is 224 g/mol. The normalized spacial score (nSPS) is 47.2. The molecule has 1 saturated carbocycles. The Hall–Kier alpha value is -0.120. The third-order valence-electron chi connectivity index (χ3n) is 5.07. The second-order valence-electron chi connectivity index (χ2n) is 6.94. The Morgan fingerprint density at radius 1 is 1.28 bits per heavy atom. The maximum Gasteiger partial charge on any atom is 0.0777 e. The molecule has 3 heteroatoms. The maximum absolute atomic E-state index is 6.44. The number of ether oxygens (including phenoxy) is 1. The van der Waals surface area contributed by atoms with Crippen molar-refractivity contribution in [2.45, 2.75) is 64.1 Å². The molecule has 18 heavy (non-hydrogen) atoms. The van der Waals surface area contributed by atoms with Crippen LogP contribution in [0, 0.1) is 11.8 Å². The van der Waals surface area contributed by atoms with Crippen LogP contribution in [0.15, 0.2) is 0 Å². The highest BCUT2D eigenvalue weighted by Gasteiger charge is 2.40. The van der Waals surface area contributed by atoms with Crippen LogP contribution in [0.25, 0.3) is 0 Å². The number of nitrogens with two attached hydrogens (primary N) is 1. The van der Waals surface area contributed by atoms with Gasteiger partial charge in [0, 0.05) is 25.7 Å². The summed E-state index contributed by atoms with van der Waals surface area (Å²) in [5.74, 6) is 1.49. The van der Waals surface area contributed by atoms with E-state index in [4.69, 9.17) is 10.5 Å². The molecule has 2 rings (SSSR count). The molecular formula is C15H30N2O. The zero-order valence-corrected chi connectivity index (χ0v) is 12.5. The van der Waals surface area contributed by atoms with Gasteiger partial charge in [-0.3, -0.25) is 4.90 Å². The van der Waals surface area contributed by atoms with Crippen molar-refractivity contribution in [3.05, 3.63) is 0 Å². The van der Waals surface area contributed by atoms with Crippen molar-refractivity contribution in [2.75, 3.05) is 20.2 Å². The topological polar surface area (TPSA) is 38.5 Å². The first-order chi connectivity index (χ1) is 8.45. The molecule has 0 aromatic heterocycles. The summed E-state index contributed by atoms with van der Waals surface area (Å²) in [6, 6.07) is 0.888. The van der Waals surface area contributed by atoms with Gasteiger partial charge in [-0.15, -0.1) is 0 Å². The van der Waals surface area contributed by atoms with E-state index >= 15 is 0 Å². The van der Waals surface area contributed by atoms with Crippen LogP contribution >= 0.6 is 0 Å². The lowest BCUT2D eigenvalue weighted by Gasteiger charge is -2.49. The molecule has 106 valence electrons. The van der Waals surface area contributed by atoms with Gasteiger partial charge in [-0.25, -0.2) is 0 Å². The minimum Gasteiger partial charge on any atom is -0.377 e. The van der Waals surface area contributed by atoms with Crippen molar-refractivity contribution in [1.29, 1.82) is 0 Å². The summed E-state index contributed by atoms with van der Waals surface area (Å²) in [4.78, 5) is 2.61. The minimum absolute atomic E-state index is 0.0285. The molecule has 0 radical (unpaired) electrons. The predicted molar refractivity (Wildman–Crippen MR) is 75.5 cm³/mol. The number of piperidine rings is 1. The fraction of sp³-hybridized carbons (Fsp3) is 1.00. The summed E-state index contributed by atoms with van der Waals surface area (Å²) in [5, 5.41) is 0. The highest BCUT2D eigenvalue weighted by atomic mass is 16.5. The summed E-state index contributed by atoms with van der Waals surface area (Å²) in [6.07, 6.45) is 4.90. The standard InChI is InChI=1S/C15H30N2O/c1-11-8-12(2)14(13(16)9-11)17-7-5-6-15(3,10-17)18-4/h11-14H,5-10,16H2,1-4H3. The summed E-state index contributed by atoms with van der Waals surface area (Å²) in [6.45, 7) is 9.18. The number of hydrogen-bond acceptors (Lipinski definition) is 3. The Morgan fingerprint density at radius 3 is 2.61 bits per heavy atom. The molecule has 2 N–H and O–H groups in total. The Kier molecular flexibility index (Phi) is 4.35. The summed E-state index contributed by atoms with van der Waals surface area (Å²) in [7, 11) is 1.84. The number of hydrogen-bond donors (Lipinski definition) is 1. The zero-order chi connectivity index (χ0) is 13.3. The Bertz CT molecular complexity index is 272. The van der Waals surface area contributed by atoms with E-state index in [2.05, 4.69) is 25.7 Å². The van der Waals surface area contributed by atoms with Gasteiger partial charge in [-0.05, 0) is 51.0 Å². The number of methoxy groups -OCH3 is 1. The van der Waals surface area contributed by atoms with Crippen molar-refractivity contribution in [1.82, 2.24) is 4.90 Å². The summed E-state index contributed by atoms with van der Waals surface area (Å²) in [5.41, 5.74) is 6.47. The first-order valence-electron chi connectivity index (χ1n) is 7.50. The molecule has 0 bridgehead atoms. The van der Waals surface area contributed by atoms with E-state index in [0.29, 0.717) is 18.0 Å². The van der Waals surface area contributed by atoms with Crippen LogP contribution in [0.2, 0.25) is 0 Å². The van der Waals surface area contributed by atoms with E-state index in [0.717, 1.165) is 12.5 Å². The van der Waals surface area contributed by atoms with Crippen molar-refractivity contribution >= 4 is 0 Å². The molecule has 1 aliphatic carbocycles. The Morgan fingerprint density at radius 2 is 2.00 bits per heavy atom. The van der Waals surface area contributed by atoms with Gasteiger partial charge >= 0.3 is 0 Å². The number of likely N-dealkylation sites (tertiary alicyclic amines) is 1. The molecule has 0 spiro atoms. The fourth-order valence-corrected chi connectivity index (χ4v) is 4.19. The second-order valence-corrected chi connectivity index (χ2v) is 6.94. The number of nitrogens with zero attached hydrogens (tertiary/aromatic N) is 1. The molecule has 2 aliphatic rings. The van der Waals surface area contributed by atoms with E-state index < -0.39 is 0 Å². The molecule has 5 atom stereocenters. The summed E-state index contributed by atoms with van der Waals surface area (Å²) < 4.78 is 5.71. The van der Waals surface area contributed by atoms with Crippen molar-refractivity contribution in [2.24, 2.45) is 17.6 Å². The highest BCUT2D eigenvalue weighted by molar-refractivity contribution is 4.96. The van der Waals surface area contributed by atoms with E-state index in [-0.39, 0.29) is 5.60 Å². The SMILES string of the molecule is COC1(C)CCCN(C2C(C)CC(C)CC2N)C1. The Labute approximate surface area is 112 Å². The van der Waals surface area contributed by atoms with E-state index in [1.165, 1.54) is 32.2 Å². The lowest BCUT2D eigenvalue weighted by molar-refractivity contribution is -0.0753. The smallest absolute Gasteiger partial charge is 0.0777 e. The van der Waals surface area contributed by atoms with Gasteiger partial charge in [0.1, 0.15) is 0 Å². The van der Waals surface area contributed by atoms with Gasteiger partial charge < -0.3 is 10.5 Å². The first kappa shape index (κ1) is 14.3. The maximum atomic E-state index is 6.44. The van der Waals surface area contributed by atoms with Crippen molar-refractivity contribution in [3.63, 3.8) is 0 Å². The Balaban J connectivity index is 2.05. The van der Waals surface area contributed by atoms with Gasteiger partial charge in [0.2, 0.25) is 0 Å². The van der Waals surface area contributed by atoms with E-state index in [1.807, 2.05) is 7.11 Å². The lowest BCUT2D eigenvalue weighted by Crippen LogP contribution is -2.60. The number of rotatable bonds is 2. The molecule has 0 aromatic carbocycles. The summed E-state index contributed by atoms with van der Waals surface area (Å²) >= 11 is 0. The average Bonchev–Trinajstić information content (AvgIpc) is 2.28. The van der Waals surface area contributed by atoms with Gasteiger partial charge in [0.25, 0.3) is 0 Å². The van der Waals surface area contributed by atoms with E-state index in [1.54, 1.807) is 0 Å². The van der Waals surface area contributed by atoms with Crippen LogP contribution in [-0.2, 0) is 4.74 Å². The monoisotopic (exact) mass is 254 g/mol. The van der Waals surface area contributed by atoms with Gasteiger partial charge in [-0.1, -0.05) is 13.8 Å². The molecule has 3 nitrogen and oxygen atoms in total. The van der Waals surface area contributed by atoms with Gasteiger partial charge in [0.05, 0.1) is 5.60 Å². The van der Waals surface area contributed by atoms with Crippen LogP contribution in [0.3, 0.4) is 0 Å². The largest absolute Gasteiger partial charge is 0.377 e. The van der Waals surface area contributed by atoms with Crippen LogP contribution in [-0.4, -0.2) is 42.8 Å². The first-order valence-corrected chi connectivity index (χ1v) is 7.50. The van der Waals surface area contributed by atoms with Crippen LogP contribution in [0.1, 0.15) is 46.5 Å². The van der Waals surface area contributed by atoms with Gasteiger partial charge in [-0.2, -0.15) is 0 Å². The third kappa shape index (κ3) is 2.89. The van der Waals surface area contributed by atoms with Gasteiger partial charge in [0.15, 0.2) is 0 Å². The van der Waals surface area contributed by atoms with E-state index in [9.17, 15) is 0 Å². The lowest BCUT2D eigenvalue weighted by atomic mass is 9.75. The zero-order valence-electron chi connectivity index (χ0n) is 12.5. The van der Waals surface area contributed by atoms with Crippen LogP contribution < -0.4 is 5.73 Å². The molecule has 5 unspecified atom stereocenters. The highest BCUT2D eigenvalue weighted by Crippen LogP contribution is 2.34. The molecule has 1 heterocycles. The van der Waals surface area contributed by atoms with Crippen LogP contribution in [0.5, 0.6) is 0 Å². The molecule has 1 aliphatic heterocycles. The quantitative estimate of drug-likeness (QED) is 0.821. The predicted octanol–water partition coefficient (Wildman–Crippen LogP) is 2.25. The molecule has 0 amide bonds. The minimum atomic E-state index is 0.0285. The molecule has 0 aromatic rings. The van der Waals surface area contributed by atoms with Crippen LogP contribution in [0.4, 0.5) is 0 Å². The van der Waals surface area contributed by atoms with Crippen molar-refractivity contribution < 1.29 is 4.74 Å². The second kappa shape index (κ2) is 5.48. The average molecular weight is 254 g/mol.